The summed E-state index contributed by atoms with van der Waals surface area (Å²) in [6.07, 6.45) is 0. The Kier molecular flexibility index (Phi) is 6.73. The lowest BCUT2D eigenvalue weighted by atomic mass is 9.67. The van der Waals surface area contributed by atoms with Crippen molar-refractivity contribution in [3.8, 4) is 39.9 Å². The molecule has 1 aliphatic carbocycles. The Hall–Kier alpha value is -7.17. The number of aromatic nitrogens is 4. The van der Waals surface area contributed by atoms with E-state index in [4.69, 9.17) is 15.0 Å². The molecule has 54 heavy (non-hydrogen) atoms. The second-order valence-electron chi connectivity index (χ2n) is 13.9. The summed E-state index contributed by atoms with van der Waals surface area (Å²) in [6.45, 7) is 0. The molecule has 2 heterocycles. The fraction of sp³-hybridized carbons (Fsp3) is 0.0200. The highest BCUT2D eigenvalue weighted by Gasteiger charge is 2.47. The molecule has 0 bridgehead atoms. The molecule has 0 saturated carbocycles. The summed E-state index contributed by atoms with van der Waals surface area (Å²) in [5, 5.41) is 4.74. The summed E-state index contributed by atoms with van der Waals surface area (Å²) in [4.78, 5) is 15.7. The molecule has 11 rings (SSSR count). The van der Waals surface area contributed by atoms with Crippen LogP contribution in [0.15, 0.2) is 194 Å². The number of benzene rings is 8. The highest BCUT2D eigenvalue weighted by molar-refractivity contribution is 6.24. The number of fused-ring (bicyclic) bond motifs is 9. The molecule has 0 unspecified atom stereocenters. The van der Waals surface area contributed by atoms with Crippen molar-refractivity contribution in [3.63, 3.8) is 0 Å². The van der Waals surface area contributed by atoms with Gasteiger partial charge in [0.15, 0.2) is 11.6 Å². The Balaban J connectivity index is 1.34. The smallest absolute Gasteiger partial charge is 0.238 e. The van der Waals surface area contributed by atoms with Crippen molar-refractivity contribution in [3.05, 3.63) is 216 Å². The van der Waals surface area contributed by atoms with E-state index in [-0.39, 0.29) is 0 Å². The van der Waals surface area contributed by atoms with E-state index in [2.05, 4.69) is 162 Å². The van der Waals surface area contributed by atoms with Gasteiger partial charge in [-0.05, 0) is 44.7 Å². The van der Waals surface area contributed by atoms with Crippen LogP contribution in [0.25, 0.3) is 72.4 Å². The Morgan fingerprint density at radius 1 is 0.407 bits per heavy atom. The first-order valence-corrected chi connectivity index (χ1v) is 18.4. The van der Waals surface area contributed by atoms with Crippen molar-refractivity contribution in [2.24, 2.45) is 0 Å². The summed E-state index contributed by atoms with van der Waals surface area (Å²) >= 11 is 0. The van der Waals surface area contributed by atoms with Crippen LogP contribution in [0.3, 0.4) is 0 Å². The molecule has 1 aliphatic rings. The first-order chi connectivity index (χ1) is 26.8. The van der Waals surface area contributed by atoms with Gasteiger partial charge in [0.2, 0.25) is 5.95 Å². The molecule has 4 nitrogen and oxygen atoms in total. The average Bonchev–Trinajstić information content (AvgIpc) is 3.76. The van der Waals surface area contributed by atoms with E-state index in [1.807, 2.05) is 36.4 Å². The Morgan fingerprint density at radius 3 is 1.61 bits per heavy atom. The van der Waals surface area contributed by atoms with Gasteiger partial charge in [-0.15, -0.1) is 0 Å². The summed E-state index contributed by atoms with van der Waals surface area (Å²) < 4.78 is 2.30. The Bertz CT molecular complexity index is 2930. The van der Waals surface area contributed by atoms with Crippen LogP contribution in [-0.2, 0) is 5.41 Å². The van der Waals surface area contributed by atoms with Gasteiger partial charge in [0, 0.05) is 27.5 Å². The molecule has 0 saturated heterocycles. The van der Waals surface area contributed by atoms with E-state index in [1.165, 1.54) is 49.5 Å². The van der Waals surface area contributed by atoms with Crippen LogP contribution in [0.4, 0.5) is 0 Å². The van der Waals surface area contributed by atoms with Crippen molar-refractivity contribution >= 4 is 32.6 Å². The van der Waals surface area contributed by atoms with E-state index < -0.39 is 5.41 Å². The van der Waals surface area contributed by atoms with Gasteiger partial charge in [0.05, 0.1) is 16.4 Å². The minimum Gasteiger partial charge on any atom is -0.277 e. The average molecular weight is 689 g/mol. The molecule has 0 aliphatic heterocycles. The molecule has 0 N–H and O–H groups in total. The first-order valence-electron chi connectivity index (χ1n) is 18.4. The second-order valence-corrected chi connectivity index (χ2v) is 13.9. The quantitative estimate of drug-likeness (QED) is 0.181. The molecular formula is C50H32N4. The lowest BCUT2D eigenvalue weighted by Gasteiger charge is -2.33. The van der Waals surface area contributed by atoms with Crippen LogP contribution in [0.1, 0.15) is 22.3 Å². The minimum absolute atomic E-state index is 0.546. The SMILES string of the molecule is c1ccc(-c2nc(-c3ccccc3)nc(-n3c4ccc5ccccc5c4c4ccc5c(c43)-c3ccccc3C5(c3ccccc3)c3ccccc3)n2)cc1. The largest absolute Gasteiger partial charge is 0.277 e. The predicted octanol–water partition coefficient (Wildman–Crippen LogP) is 11.8. The van der Waals surface area contributed by atoms with Gasteiger partial charge in [-0.25, -0.2) is 4.98 Å². The third-order valence-corrected chi connectivity index (χ3v) is 11.1. The highest BCUT2D eigenvalue weighted by atomic mass is 15.2. The van der Waals surface area contributed by atoms with Crippen LogP contribution in [-0.4, -0.2) is 19.5 Å². The van der Waals surface area contributed by atoms with Crippen molar-refractivity contribution in [1.82, 2.24) is 19.5 Å². The van der Waals surface area contributed by atoms with E-state index in [0.717, 1.165) is 27.5 Å². The zero-order valence-corrected chi connectivity index (χ0v) is 29.3. The fourth-order valence-electron chi connectivity index (χ4n) is 8.90. The van der Waals surface area contributed by atoms with Crippen LogP contribution in [0.2, 0.25) is 0 Å². The number of hydrogen-bond acceptors (Lipinski definition) is 3. The molecule has 10 aromatic rings. The van der Waals surface area contributed by atoms with Crippen LogP contribution >= 0.6 is 0 Å². The van der Waals surface area contributed by atoms with Gasteiger partial charge in [0.25, 0.3) is 0 Å². The number of hydrogen-bond donors (Lipinski definition) is 0. The van der Waals surface area contributed by atoms with Gasteiger partial charge in [-0.2, -0.15) is 9.97 Å². The maximum absolute atomic E-state index is 5.33. The third kappa shape index (κ3) is 4.34. The van der Waals surface area contributed by atoms with E-state index in [9.17, 15) is 0 Å². The molecule has 0 atom stereocenters. The highest BCUT2D eigenvalue weighted by Crippen LogP contribution is 2.58. The van der Waals surface area contributed by atoms with Gasteiger partial charge in [-0.1, -0.05) is 188 Å². The number of nitrogens with zero attached hydrogens (tertiary/aromatic N) is 4. The van der Waals surface area contributed by atoms with E-state index in [1.54, 1.807) is 0 Å². The number of rotatable bonds is 5. The minimum atomic E-state index is -0.546. The molecular weight excluding hydrogens is 657 g/mol. The summed E-state index contributed by atoms with van der Waals surface area (Å²) in [7, 11) is 0. The van der Waals surface area contributed by atoms with Crippen LogP contribution < -0.4 is 0 Å². The fourth-order valence-corrected chi connectivity index (χ4v) is 8.90. The van der Waals surface area contributed by atoms with Crippen LogP contribution in [0.5, 0.6) is 0 Å². The monoisotopic (exact) mass is 688 g/mol. The lowest BCUT2D eigenvalue weighted by Crippen LogP contribution is -2.28. The summed E-state index contributed by atoms with van der Waals surface area (Å²) in [5.41, 5.74) is 10.8. The maximum atomic E-state index is 5.33. The molecule has 2 aromatic heterocycles. The normalized spacial score (nSPS) is 13.0. The molecule has 0 fully saturated rings. The van der Waals surface area contributed by atoms with Crippen molar-refractivity contribution in [1.29, 1.82) is 0 Å². The molecule has 252 valence electrons. The van der Waals surface area contributed by atoms with Gasteiger partial charge in [0.1, 0.15) is 0 Å². The van der Waals surface area contributed by atoms with Gasteiger partial charge >= 0.3 is 0 Å². The summed E-state index contributed by atoms with van der Waals surface area (Å²) in [6, 6.07) is 69.1. The molecule has 8 aromatic carbocycles. The predicted molar refractivity (Wildman–Crippen MR) is 220 cm³/mol. The Morgan fingerprint density at radius 2 is 0.963 bits per heavy atom. The van der Waals surface area contributed by atoms with Crippen molar-refractivity contribution in [2.75, 3.05) is 0 Å². The van der Waals surface area contributed by atoms with E-state index >= 15 is 0 Å². The first kappa shape index (κ1) is 30.5. The van der Waals surface area contributed by atoms with Crippen molar-refractivity contribution in [2.45, 2.75) is 5.41 Å². The topological polar surface area (TPSA) is 43.6 Å². The molecule has 4 heteroatoms. The standard InChI is InChI=1S/C50H32N4/c1-5-18-34(19-6-1)47-51-48(35-20-7-2-8-21-35)53-49(52-47)54-43-32-29-33-17-13-14-26-38(33)44(43)40-30-31-42-45(46(40)54)39-27-15-16-28-41(39)50(42,36-22-9-3-10-23-36)37-24-11-4-12-25-37/h1-32H. The zero-order chi connectivity index (χ0) is 35.6. The van der Waals surface area contributed by atoms with Gasteiger partial charge in [-0.3, -0.25) is 4.57 Å². The summed E-state index contributed by atoms with van der Waals surface area (Å²) in [5.74, 6) is 1.85. The third-order valence-electron chi connectivity index (χ3n) is 11.1. The zero-order valence-electron chi connectivity index (χ0n) is 29.3. The molecule has 0 radical (unpaired) electrons. The second kappa shape index (κ2) is 11.9. The lowest BCUT2D eigenvalue weighted by molar-refractivity contribution is 0.769. The van der Waals surface area contributed by atoms with Crippen molar-refractivity contribution < 1.29 is 0 Å². The Labute approximate surface area is 312 Å². The molecule has 0 spiro atoms. The van der Waals surface area contributed by atoms with E-state index in [0.29, 0.717) is 17.6 Å². The van der Waals surface area contributed by atoms with Crippen LogP contribution in [0, 0.1) is 0 Å². The molecule has 0 amide bonds. The van der Waals surface area contributed by atoms with Gasteiger partial charge < -0.3 is 0 Å². The maximum Gasteiger partial charge on any atom is 0.238 e.